The minimum atomic E-state index is -4.64. The molecule has 1 saturated heterocycles. The van der Waals surface area contributed by atoms with Crippen molar-refractivity contribution in [1.82, 2.24) is 19.9 Å². The zero-order valence-electron chi connectivity index (χ0n) is 19.2. The average Bonchev–Trinajstić information content (AvgIpc) is 3.21. The summed E-state index contributed by atoms with van der Waals surface area (Å²) in [4.78, 5) is 16.5. The molecule has 3 aromatic rings. The Morgan fingerprint density at radius 2 is 1.89 bits per heavy atom. The van der Waals surface area contributed by atoms with Gasteiger partial charge in [-0.05, 0) is 32.8 Å². The molecule has 0 saturated carbocycles. The first-order chi connectivity index (χ1) is 16.7. The van der Waals surface area contributed by atoms with E-state index in [0.29, 0.717) is 11.2 Å². The normalized spacial score (nSPS) is 17.1. The molecule has 1 aliphatic heterocycles. The fourth-order valence-corrected chi connectivity index (χ4v) is 5.44. The van der Waals surface area contributed by atoms with Crippen molar-refractivity contribution < 1.29 is 40.2 Å². The summed E-state index contributed by atoms with van der Waals surface area (Å²) >= 11 is 0. The van der Waals surface area contributed by atoms with Gasteiger partial charge in [-0.2, -0.15) is 18.3 Å². The number of rotatable bonds is 6. The van der Waals surface area contributed by atoms with Gasteiger partial charge in [-0.3, -0.25) is 4.79 Å². The number of nitrogens with zero attached hydrogens (tertiary/aromatic N) is 3. The van der Waals surface area contributed by atoms with Crippen LogP contribution in [-0.4, -0.2) is 58.8 Å². The van der Waals surface area contributed by atoms with Crippen molar-refractivity contribution in [2.45, 2.75) is 38.4 Å². The van der Waals surface area contributed by atoms with E-state index in [1.54, 1.807) is 13.8 Å². The van der Waals surface area contributed by atoms with E-state index >= 15 is 0 Å². The third-order valence-electron chi connectivity index (χ3n) is 5.68. The van der Waals surface area contributed by atoms with E-state index in [1.165, 1.54) is 22.7 Å². The second-order valence-corrected chi connectivity index (χ2v) is 11.1. The number of aromatic nitrogens is 3. The number of sulfone groups is 1. The number of amides is 1. The standard InChI is InChI=1S/C22H22F4N4O5S/c1-13-7-16(35-20-18(8-14(23)11-27-20)34-12-22(24,25)26)9-15-10-17(29-30(13)15)19(31)28-21(2)3-5-36(32,33)6-4-21/h7-11H,3-6,12H2,1-2H3,(H,28,31). The topological polar surface area (TPSA) is 112 Å². The molecule has 1 N–H and O–H groups in total. The van der Waals surface area contributed by atoms with Crippen LogP contribution in [0.2, 0.25) is 0 Å². The van der Waals surface area contributed by atoms with Crippen molar-refractivity contribution in [3.63, 3.8) is 0 Å². The Balaban J connectivity index is 1.55. The molecule has 36 heavy (non-hydrogen) atoms. The number of fused-ring (bicyclic) bond motifs is 1. The zero-order valence-corrected chi connectivity index (χ0v) is 20.0. The highest BCUT2D eigenvalue weighted by atomic mass is 32.2. The van der Waals surface area contributed by atoms with Crippen LogP contribution in [0.25, 0.3) is 5.52 Å². The molecule has 14 heteroatoms. The first-order valence-electron chi connectivity index (χ1n) is 10.8. The summed E-state index contributed by atoms with van der Waals surface area (Å²) in [5.74, 6) is -2.16. The number of halogens is 4. The lowest BCUT2D eigenvalue weighted by Gasteiger charge is -2.34. The SMILES string of the molecule is Cc1cc(Oc2ncc(F)cc2OCC(F)(F)F)cc2cc(C(=O)NC3(C)CCS(=O)(=O)CC3)nn12. The second-order valence-electron chi connectivity index (χ2n) is 8.83. The van der Waals surface area contributed by atoms with Gasteiger partial charge >= 0.3 is 6.18 Å². The second kappa shape index (κ2) is 9.22. The number of aryl methyl sites for hydroxylation is 1. The molecule has 4 rings (SSSR count). The molecule has 3 aromatic heterocycles. The van der Waals surface area contributed by atoms with Gasteiger partial charge < -0.3 is 14.8 Å². The lowest BCUT2D eigenvalue weighted by Crippen LogP contribution is -2.51. The predicted octanol–water partition coefficient (Wildman–Crippen LogP) is 3.61. The van der Waals surface area contributed by atoms with E-state index in [0.717, 1.165) is 12.3 Å². The summed E-state index contributed by atoms with van der Waals surface area (Å²) in [6.45, 7) is 1.79. The number of hydrogen-bond donors (Lipinski definition) is 1. The van der Waals surface area contributed by atoms with E-state index in [2.05, 4.69) is 20.1 Å². The van der Waals surface area contributed by atoms with Crippen LogP contribution in [0.15, 0.2) is 30.5 Å². The fourth-order valence-electron chi connectivity index (χ4n) is 3.72. The number of carbonyl (C=O) groups excluding carboxylic acids is 1. The number of ether oxygens (including phenoxy) is 2. The van der Waals surface area contributed by atoms with Crippen molar-refractivity contribution in [2.24, 2.45) is 0 Å². The Kier molecular flexibility index (Phi) is 6.58. The molecule has 0 aromatic carbocycles. The molecule has 0 bridgehead atoms. The maximum atomic E-state index is 13.5. The summed E-state index contributed by atoms with van der Waals surface area (Å²) in [5.41, 5.74) is 0.351. The van der Waals surface area contributed by atoms with Crippen LogP contribution >= 0.6 is 0 Å². The maximum absolute atomic E-state index is 13.5. The Labute approximate surface area is 203 Å². The first kappa shape index (κ1) is 25.7. The fraction of sp³-hybridized carbons (Fsp3) is 0.409. The molecule has 1 amide bonds. The van der Waals surface area contributed by atoms with Crippen molar-refractivity contribution in [3.05, 3.63) is 47.7 Å². The minimum Gasteiger partial charge on any atom is -0.478 e. The Morgan fingerprint density at radius 1 is 1.19 bits per heavy atom. The highest BCUT2D eigenvalue weighted by Gasteiger charge is 2.35. The summed E-state index contributed by atoms with van der Waals surface area (Å²) in [6.07, 6.45) is -3.29. The highest BCUT2D eigenvalue weighted by molar-refractivity contribution is 7.91. The number of pyridine rings is 2. The molecule has 0 unspecified atom stereocenters. The van der Waals surface area contributed by atoms with Crippen molar-refractivity contribution >= 4 is 21.3 Å². The molecular weight excluding hydrogens is 508 g/mol. The number of alkyl halides is 3. The van der Waals surface area contributed by atoms with E-state index < -0.39 is 45.6 Å². The van der Waals surface area contributed by atoms with Gasteiger partial charge in [0.25, 0.3) is 11.8 Å². The molecule has 9 nitrogen and oxygen atoms in total. The molecular formula is C22H22F4N4O5S. The first-order valence-corrected chi connectivity index (χ1v) is 12.6. The summed E-state index contributed by atoms with van der Waals surface area (Å²) in [6, 6.07) is 5.20. The van der Waals surface area contributed by atoms with E-state index in [1.807, 2.05) is 0 Å². The van der Waals surface area contributed by atoms with Crippen LogP contribution < -0.4 is 14.8 Å². The Morgan fingerprint density at radius 3 is 2.56 bits per heavy atom. The van der Waals surface area contributed by atoms with Gasteiger partial charge in [-0.1, -0.05) is 0 Å². The zero-order chi connectivity index (χ0) is 26.3. The lowest BCUT2D eigenvalue weighted by atomic mass is 9.94. The molecule has 194 valence electrons. The van der Waals surface area contributed by atoms with Gasteiger partial charge in [0.05, 0.1) is 23.2 Å². The van der Waals surface area contributed by atoms with Gasteiger partial charge in [0.1, 0.15) is 21.4 Å². The van der Waals surface area contributed by atoms with Gasteiger partial charge in [0.2, 0.25) is 0 Å². The monoisotopic (exact) mass is 530 g/mol. The summed E-state index contributed by atoms with van der Waals surface area (Å²) < 4.78 is 86.3. The van der Waals surface area contributed by atoms with Crippen LogP contribution in [0.1, 0.15) is 35.9 Å². The van der Waals surface area contributed by atoms with Gasteiger partial charge in [0, 0.05) is 29.4 Å². The largest absolute Gasteiger partial charge is 0.478 e. The van der Waals surface area contributed by atoms with Crippen LogP contribution in [0, 0.1) is 12.7 Å². The van der Waals surface area contributed by atoms with Crippen molar-refractivity contribution in [2.75, 3.05) is 18.1 Å². The van der Waals surface area contributed by atoms with E-state index in [4.69, 9.17) is 4.74 Å². The highest BCUT2D eigenvalue weighted by Crippen LogP contribution is 2.32. The van der Waals surface area contributed by atoms with E-state index in [9.17, 15) is 30.8 Å². The molecule has 0 atom stereocenters. The summed E-state index contributed by atoms with van der Waals surface area (Å²) in [7, 11) is -3.10. The third-order valence-corrected chi connectivity index (χ3v) is 7.33. The number of hydrogen-bond acceptors (Lipinski definition) is 7. The van der Waals surface area contributed by atoms with E-state index in [-0.39, 0.29) is 41.7 Å². The Hall–Kier alpha value is -3.42. The van der Waals surface area contributed by atoms with Crippen molar-refractivity contribution in [1.29, 1.82) is 0 Å². The predicted molar refractivity (Wildman–Crippen MR) is 120 cm³/mol. The average molecular weight is 531 g/mol. The molecule has 4 heterocycles. The van der Waals surface area contributed by atoms with Gasteiger partial charge in [0.15, 0.2) is 18.1 Å². The van der Waals surface area contributed by atoms with Gasteiger partial charge in [-0.25, -0.2) is 22.3 Å². The third kappa shape index (κ3) is 6.04. The van der Waals surface area contributed by atoms with Crippen LogP contribution in [0.5, 0.6) is 17.4 Å². The minimum absolute atomic E-state index is 0.0130. The van der Waals surface area contributed by atoms with Gasteiger partial charge in [-0.15, -0.1) is 0 Å². The van der Waals surface area contributed by atoms with Crippen molar-refractivity contribution in [3.8, 4) is 17.4 Å². The Bertz CT molecular complexity index is 1410. The number of nitrogens with one attached hydrogen (secondary N) is 1. The summed E-state index contributed by atoms with van der Waals surface area (Å²) in [5, 5.41) is 7.15. The van der Waals surface area contributed by atoms with Crippen LogP contribution in [0.3, 0.4) is 0 Å². The van der Waals surface area contributed by atoms with Crippen LogP contribution in [0.4, 0.5) is 17.6 Å². The number of carbonyl (C=O) groups is 1. The smallest absolute Gasteiger partial charge is 0.422 e. The lowest BCUT2D eigenvalue weighted by molar-refractivity contribution is -0.153. The van der Waals surface area contributed by atoms with Crippen LogP contribution in [-0.2, 0) is 9.84 Å². The molecule has 1 fully saturated rings. The molecule has 1 aliphatic rings. The quantitative estimate of drug-likeness (QED) is 0.485. The molecule has 0 radical (unpaired) electrons. The molecule has 0 spiro atoms. The maximum Gasteiger partial charge on any atom is 0.422 e. The molecule has 0 aliphatic carbocycles.